The third-order valence-corrected chi connectivity index (χ3v) is 8.45. The molecule has 0 aliphatic carbocycles. The summed E-state index contributed by atoms with van der Waals surface area (Å²) in [5, 5.41) is 70.8. The highest BCUT2D eigenvalue weighted by Crippen LogP contribution is 2.28. The summed E-state index contributed by atoms with van der Waals surface area (Å²) in [7, 11) is 0. The van der Waals surface area contributed by atoms with Crippen molar-refractivity contribution in [2.75, 3.05) is 13.2 Å². The Morgan fingerprint density at radius 3 is 1.30 bits per heavy atom. The largest absolute Gasteiger partial charge is 0.481 e. The first-order chi connectivity index (χ1) is 22.5. The number of carbonyl (C=O) groups excluding carboxylic acids is 2. The van der Waals surface area contributed by atoms with E-state index in [0.29, 0.717) is 6.42 Å². The Balaban J connectivity index is 1.73. The van der Waals surface area contributed by atoms with E-state index in [9.17, 15) is 45.0 Å². The molecule has 274 valence electrons. The van der Waals surface area contributed by atoms with E-state index in [0.717, 1.165) is 19.3 Å². The number of aliphatic hydroxyl groups excluding tert-OH is 6. The van der Waals surface area contributed by atoms with Gasteiger partial charge in [-0.1, -0.05) is 84.0 Å². The fourth-order valence-corrected chi connectivity index (χ4v) is 5.46. The molecule has 15 nitrogen and oxygen atoms in total. The van der Waals surface area contributed by atoms with Crippen LogP contribution in [0.15, 0.2) is 0 Å². The summed E-state index contributed by atoms with van der Waals surface area (Å²) in [4.78, 5) is 34.7. The number of carboxylic acids is 1. The van der Waals surface area contributed by atoms with Crippen LogP contribution in [0.5, 0.6) is 0 Å². The number of unbranched alkanes of at least 4 members (excludes halogenated alkanes) is 12. The number of aliphatic carboxylic acids is 1. The van der Waals surface area contributed by atoms with Crippen molar-refractivity contribution in [3.05, 3.63) is 0 Å². The number of aliphatic hydroxyl groups is 6. The van der Waals surface area contributed by atoms with Gasteiger partial charge in [0.1, 0.15) is 62.0 Å². The summed E-state index contributed by atoms with van der Waals surface area (Å²) in [5.41, 5.74) is 0. The molecule has 0 aromatic heterocycles. The second-order valence-electron chi connectivity index (χ2n) is 12.4. The zero-order chi connectivity index (χ0) is 34.8. The predicted molar refractivity (Wildman–Crippen MR) is 164 cm³/mol. The number of esters is 2. The van der Waals surface area contributed by atoms with Crippen LogP contribution in [-0.4, -0.2) is 128 Å². The topological polar surface area (TPSA) is 239 Å². The van der Waals surface area contributed by atoms with Crippen molar-refractivity contribution in [1.29, 1.82) is 0 Å². The second-order valence-corrected chi connectivity index (χ2v) is 12.4. The minimum atomic E-state index is -1.87. The van der Waals surface area contributed by atoms with Crippen LogP contribution >= 0.6 is 0 Å². The lowest BCUT2D eigenvalue weighted by molar-refractivity contribution is -0.376. The monoisotopic (exact) mass is 680 g/mol. The van der Waals surface area contributed by atoms with Crippen LogP contribution in [0.1, 0.15) is 110 Å². The third kappa shape index (κ3) is 15.0. The van der Waals surface area contributed by atoms with E-state index in [-0.39, 0.29) is 6.42 Å². The van der Waals surface area contributed by atoms with E-state index in [1.165, 1.54) is 57.8 Å². The average molecular weight is 681 g/mol. The summed E-state index contributed by atoms with van der Waals surface area (Å²) in [6, 6.07) is 0. The molecular weight excluding hydrogens is 624 g/mol. The Bertz CT molecular complexity index is 904. The van der Waals surface area contributed by atoms with Gasteiger partial charge in [0.15, 0.2) is 12.6 Å². The highest BCUT2D eigenvalue weighted by atomic mass is 16.8. The van der Waals surface area contributed by atoms with Crippen molar-refractivity contribution in [2.45, 2.75) is 171 Å². The maximum Gasteiger partial charge on any atom is 0.306 e. The molecule has 2 heterocycles. The van der Waals surface area contributed by atoms with E-state index in [1.54, 1.807) is 0 Å². The van der Waals surface area contributed by atoms with Crippen LogP contribution in [0.4, 0.5) is 0 Å². The minimum absolute atomic E-state index is 0.163. The Labute approximate surface area is 276 Å². The van der Waals surface area contributed by atoms with Crippen LogP contribution in [0.3, 0.4) is 0 Å². The normalized spacial score (nSPS) is 31.0. The maximum absolute atomic E-state index is 12.3. The first-order valence-electron chi connectivity index (χ1n) is 17.0. The summed E-state index contributed by atoms with van der Waals surface area (Å²) in [5.74, 6) is -2.65. The average Bonchev–Trinajstić information content (AvgIpc) is 3.05. The Kier molecular flexibility index (Phi) is 19.9. The van der Waals surface area contributed by atoms with Gasteiger partial charge in [-0.15, -0.1) is 0 Å². The lowest BCUT2D eigenvalue weighted by Gasteiger charge is -2.44. The van der Waals surface area contributed by atoms with Crippen LogP contribution in [0.25, 0.3) is 0 Å². The fraction of sp³-hybridized carbons (Fsp3) is 0.906. The standard InChI is InChI=1S/C32H56O15/c1-2-3-4-5-6-7-8-9-10-11-12-13-14-15-23(35)43-18-20-25(37)27(39)29(41)31(45-20)47-32-30(42)28(40)26(38)21(46-32)19-44-24(36)17-16-22(33)34/h20-21,25-32,37-42H,2-19H2,1H3,(H,33,34)/t20?,21-,25-,26+,27+,28?,29?,30?,31+,32+/m1/s1. The summed E-state index contributed by atoms with van der Waals surface area (Å²) in [6.07, 6.45) is -2.64. The molecule has 0 radical (unpaired) electrons. The minimum Gasteiger partial charge on any atom is -0.481 e. The van der Waals surface area contributed by atoms with E-state index in [2.05, 4.69) is 6.92 Å². The smallest absolute Gasteiger partial charge is 0.306 e. The summed E-state index contributed by atoms with van der Waals surface area (Å²) >= 11 is 0. The second kappa shape index (κ2) is 22.6. The zero-order valence-corrected chi connectivity index (χ0v) is 27.4. The molecule has 0 amide bonds. The van der Waals surface area contributed by atoms with Gasteiger partial charge >= 0.3 is 17.9 Å². The van der Waals surface area contributed by atoms with Gasteiger partial charge in [-0.05, 0) is 6.42 Å². The van der Waals surface area contributed by atoms with E-state index >= 15 is 0 Å². The number of hydrogen-bond donors (Lipinski definition) is 7. The molecule has 0 spiro atoms. The van der Waals surface area contributed by atoms with Gasteiger partial charge in [0.05, 0.1) is 12.8 Å². The van der Waals surface area contributed by atoms with Gasteiger partial charge in [0.2, 0.25) is 0 Å². The lowest BCUT2D eigenvalue weighted by atomic mass is 9.98. The molecule has 4 unspecified atom stereocenters. The first-order valence-corrected chi connectivity index (χ1v) is 17.0. The molecule has 0 aromatic rings. The van der Waals surface area contributed by atoms with Crippen molar-refractivity contribution < 1.29 is 73.8 Å². The molecule has 2 aliphatic heterocycles. The van der Waals surface area contributed by atoms with Crippen LogP contribution < -0.4 is 0 Å². The van der Waals surface area contributed by atoms with Crippen molar-refractivity contribution in [3.63, 3.8) is 0 Å². The molecule has 47 heavy (non-hydrogen) atoms. The molecule has 15 heteroatoms. The predicted octanol–water partition coefficient (Wildman–Crippen LogP) is 1.05. The zero-order valence-electron chi connectivity index (χ0n) is 27.4. The van der Waals surface area contributed by atoms with Gasteiger partial charge in [-0.25, -0.2) is 0 Å². The molecule has 0 saturated carbocycles. The van der Waals surface area contributed by atoms with Gasteiger partial charge in [0.25, 0.3) is 0 Å². The maximum atomic E-state index is 12.3. The van der Waals surface area contributed by atoms with E-state index < -0.39 is 105 Å². The van der Waals surface area contributed by atoms with Crippen LogP contribution in [0.2, 0.25) is 0 Å². The summed E-state index contributed by atoms with van der Waals surface area (Å²) in [6.45, 7) is 1.12. The molecule has 10 atom stereocenters. The number of rotatable bonds is 23. The van der Waals surface area contributed by atoms with Crippen LogP contribution in [0, 0.1) is 0 Å². The van der Waals surface area contributed by atoms with Crippen molar-refractivity contribution >= 4 is 17.9 Å². The van der Waals surface area contributed by atoms with Crippen molar-refractivity contribution in [2.24, 2.45) is 0 Å². The number of ether oxygens (including phenoxy) is 5. The Morgan fingerprint density at radius 2 is 0.894 bits per heavy atom. The highest BCUT2D eigenvalue weighted by molar-refractivity contribution is 5.76. The SMILES string of the molecule is CCCCCCCCCCCCCCCC(=O)OCC1O[C@@H](O[C@@H]2O[C@H](COC(=O)CCC(=O)O)[C@H](O)C(O)C2O)C(O)[C@@H](O)[C@@H]1O. The van der Waals surface area contributed by atoms with E-state index in [4.69, 9.17) is 28.8 Å². The van der Waals surface area contributed by atoms with Crippen molar-refractivity contribution in [3.8, 4) is 0 Å². The fourth-order valence-electron chi connectivity index (χ4n) is 5.46. The molecule has 7 N–H and O–H groups in total. The highest BCUT2D eigenvalue weighted by Gasteiger charge is 2.50. The van der Waals surface area contributed by atoms with Gasteiger partial charge in [0, 0.05) is 6.42 Å². The molecule has 0 bridgehead atoms. The number of carbonyl (C=O) groups is 3. The Hall–Kier alpha value is -1.95. The van der Waals surface area contributed by atoms with Gasteiger partial charge in [-0.2, -0.15) is 0 Å². The molecule has 0 aromatic carbocycles. The molecule has 2 rings (SSSR count). The van der Waals surface area contributed by atoms with E-state index in [1.807, 2.05) is 0 Å². The lowest BCUT2D eigenvalue weighted by Crippen LogP contribution is -2.64. The van der Waals surface area contributed by atoms with Gasteiger partial charge < -0.3 is 59.4 Å². The first kappa shape index (κ1) is 41.2. The van der Waals surface area contributed by atoms with Crippen LogP contribution in [-0.2, 0) is 38.1 Å². The quantitative estimate of drug-likeness (QED) is 0.0590. The third-order valence-electron chi connectivity index (χ3n) is 8.45. The number of carboxylic acid groups (broad SMARTS) is 1. The Morgan fingerprint density at radius 1 is 0.511 bits per heavy atom. The van der Waals surface area contributed by atoms with Crippen molar-refractivity contribution in [1.82, 2.24) is 0 Å². The molecular formula is C32H56O15. The molecule has 2 aliphatic rings. The molecule has 2 saturated heterocycles. The molecule has 2 fully saturated rings. The number of hydrogen-bond acceptors (Lipinski definition) is 14. The summed E-state index contributed by atoms with van der Waals surface area (Å²) < 4.78 is 26.5. The van der Waals surface area contributed by atoms with Gasteiger partial charge in [-0.3, -0.25) is 14.4 Å².